The number of aromatic nitrogens is 3. The number of hydrogen-bond acceptors (Lipinski definition) is 7. The van der Waals surface area contributed by atoms with Crippen molar-refractivity contribution in [3.63, 3.8) is 0 Å². The summed E-state index contributed by atoms with van der Waals surface area (Å²) in [6.07, 6.45) is 4.12. The molecule has 0 aliphatic heterocycles. The van der Waals surface area contributed by atoms with Gasteiger partial charge in [0.15, 0.2) is 11.6 Å². The Hall–Kier alpha value is -3.58. The van der Waals surface area contributed by atoms with Crippen molar-refractivity contribution < 1.29 is 4.79 Å². The maximum Gasteiger partial charge on any atom is 0.223 e. The molecule has 32 heavy (non-hydrogen) atoms. The second-order valence-electron chi connectivity index (χ2n) is 8.99. The molecule has 0 bridgehead atoms. The molecule has 2 aromatic heterocycles. The Morgan fingerprint density at radius 3 is 2.53 bits per heavy atom. The predicted octanol–water partition coefficient (Wildman–Crippen LogP) is 4.44. The number of ketones is 1. The molecule has 0 atom stereocenters. The third-order valence-electron chi connectivity index (χ3n) is 5.73. The molecule has 2 aromatic carbocycles. The largest absolute Gasteiger partial charge is 0.351 e. The molecule has 2 heterocycles. The molecule has 3 N–H and O–H groups in total. The van der Waals surface area contributed by atoms with Crippen LogP contribution in [0.3, 0.4) is 0 Å². The van der Waals surface area contributed by atoms with E-state index in [2.05, 4.69) is 10.3 Å². The Bertz CT molecular complexity index is 1330. The summed E-state index contributed by atoms with van der Waals surface area (Å²) >= 11 is 0. The fourth-order valence-corrected chi connectivity index (χ4v) is 3.77. The zero-order chi connectivity index (χ0) is 22.5. The molecule has 0 spiro atoms. The zero-order valence-corrected chi connectivity index (χ0v) is 18.5. The fraction of sp³-hybridized carbons (Fsp3) is 0.280. The summed E-state index contributed by atoms with van der Waals surface area (Å²) < 4.78 is 0. The summed E-state index contributed by atoms with van der Waals surface area (Å²) in [4.78, 5) is 29.1. The number of nitrogens with zero attached hydrogens (tertiary/aromatic N) is 4. The highest BCUT2D eigenvalue weighted by molar-refractivity contribution is 6.12. The SMILES string of the molecule is CN(c1ccccc1)c1nc2cc(C(=O)C(C)(C)N)ccc2c2cnc(NC3CC3)nc12. The summed E-state index contributed by atoms with van der Waals surface area (Å²) in [6, 6.07) is 16.0. The van der Waals surface area contributed by atoms with Gasteiger partial charge in [0.1, 0.15) is 5.52 Å². The lowest BCUT2D eigenvalue weighted by atomic mass is 9.93. The first-order valence-electron chi connectivity index (χ1n) is 10.8. The Balaban J connectivity index is 1.72. The minimum absolute atomic E-state index is 0.125. The van der Waals surface area contributed by atoms with Crippen molar-refractivity contribution in [1.82, 2.24) is 15.0 Å². The van der Waals surface area contributed by atoms with Crippen LogP contribution >= 0.6 is 0 Å². The number of nitrogens with two attached hydrogens (primary N) is 1. The lowest BCUT2D eigenvalue weighted by Gasteiger charge is -2.21. The van der Waals surface area contributed by atoms with Crippen LogP contribution in [0.1, 0.15) is 37.0 Å². The number of benzene rings is 2. The maximum absolute atomic E-state index is 12.8. The Morgan fingerprint density at radius 1 is 1.09 bits per heavy atom. The number of pyridine rings is 1. The average Bonchev–Trinajstić information content (AvgIpc) is 3.61. The van der Waals surface area contributed by atoms with Crippen LogP contribution in [-0.4, -0.2) is 39.4 Å². The topological polar surface area (TPSA) is 97.0 Å². The number of carbonyl (C=O) groups excluding carboxylic acids is 1. The van der Waals surface area contributed by atoms with E-state index < -0.39 is 5.54 Å². The van der Waals surface area contributed by atoms with Crippen LogP contribution in [-0.2, 0) is 0 Å². The Kier molecular flexibility index (Phi) is 4.78. The fourth-order valence-electron chi connectivity index (χ4n) is 3.77. The predicted molar refractivity (Wildman–Crippen MR) is 129 cm³/mol. The van der Waals surface area contributed by atoms with Gasteiger partial charge in [0.2, 0.25) is 5.95 Å². The molecule has 0 radical (unpaired) electrons. The van der Waals surface area contributed by atoms with Gasteiger partial charge in [-0.2, -0.15) is 0 Å². The van der Waals surface area contributed by atoms with E-state index in [0.717, 1.165) is 34.8 Å². The van der Waals surface area contributed by atoms with Crippen LogP contribution in [0.15, 0.2) is 54.7 Å². The zero-order valence-electron chi connectivity index (χ0n) is 18.5. The maximum atomic E-state index is 12.8. The van der Waals surface area contributed by atoms with E-state index in [1.807, 2.05) is 60.6 Å². The first kappa shape index (κ1) is 20.3. The number of hydrogen-bond donors (Lipinski definition) is 2. The summed E-state index contributed by atoms with van der Waals surface area (Å²) in [5.41, 5.74) is 8.10. The molecule has 0 saturated heterocycles. The molecule has 5 rings (SSSR count). The number of Topliss-reactive ketones (excluding diaryl/α,β-unsaturated/α-hetero) is 1. The van der Waals surface area contributed by atoms with Crippen LogP contribution in [0, 0.1) is 0 Å². The quantitative estimate of drug-likeness (QED) is 0.347. The molecule has 0 unspecified atom stereocenters. The van der Waals surface area contributed by atoms with Gasteiger partial charge in [0.05, 0.1) is 11.1 Å². The number of carbonyl (C=O) groups is 1. The van der Waals surface area contributed by atoms with E-state index in [1.54, 1.807) is 19.9 Å². The van der Waals surface area contributed by atoms with Gasteiger partial charge in [-0.1, -0.05) is 30.3 Å². The standard InChI is InChI=1S/C25H26N6O/c1-25(2,26)22(32)15-9-12-18-19-14-27-24(28-16-10-11-16)30-21(19)23(29-20(18)13-15)31(3)17-7-5-4-6-8-17/h4-9,12-14,16H,10-11,26H2,1-3H3,(H,27,28,30). The molecule has 7 nitrogen and oxygen atoms in total. The van der Waals surface area contributed by atoms with Crippen molar-refractivity contribution in [3.05, 3.63) is 60.3 Å². The highest BCUT2D eigenvalue weighted by atomic mass is 16.1. The lowest BCUT2D eigenvalue weighted by Crippen LogP contribution is -2.41. The number of fused-ring (bicyclic) bond motifs is 3. The van der Waals surface area contributed by atoms with Crippen molar-refractivity contribution in [2.45, 2.75) is 38.3 Å². The first-order chi connectivity index (χ1) is 15.3. The Morgan fingerprint density at radius 2 is 1.84 bits per heavy atom. The third kappa shape index (κ3) is 3.76. The lowest BCUT2D eigenvalue weighted by molar-refractivity contribution is 0.0913. The molecule has 1 saturated carbocycles. The van der Waals surface area contributed by atoms with E-state index in [0.29, 0.717) is 28.9 Å². The van der Waals surface area contributed by atoms with Gasteiger partial charge < -0.3 is 16.0 Å². The number of rotatable bonds is 6. The summed E-state index contributed by atoms with van der Waals surface area (Å²) in [7, 11) is 1.97. The second-order valence-corrected chi connectivity index (χ2v) is 8.99. The van der Waals surface area contributed by atoms with Gasteiger partial charge in [-0.15, -0.1) is 0 Å². The van der Waals surface area contributed by atoms with Crippen molar-refractivity contribution in [3.8, 4) is 0 Å². The van der Waals surface area contributed by atoms with E-state index in [-0.39, 0.29) is 5.78 Å². The number of anilines is 3. The van der Waals surface area contributed by atoms with Crippen molar-refractivity contribution in [1.29, 1.82) is 0 Å². The molecule has 7 heteroatoms. The highest BCUT2D eigenvalue weighted by Gasteiger charge is 2.25. The van der Waals surface area contributed by atoms with Crippen LogP contribution in [0.5, 0.6) is 0 Å². The van der Waals surface area contributed by atoms with Gasteiger partial charge >= 0.3 is 0 Å². The van der Waals surface area contributed by atoms with Crippen LogP contribution in [0.25, 0.3) is 21.8 Å². The molecular weight excluding hydrogens is 400 g/mol. The molecule has 1 aliphatic carbocycles. The van der Waals surface area contributed by atoms with Gasteiger partial charge in [0, 0.05) is 41.3 Å². The summed E-state index contributed by atoms with van der Waals surface area (Å²) in [6.45, 7) is 3.42. The highest BCUT2D eigenvalue weighted by Crippen LogP contribution is 2.34. The van der Waals surface area contributed by atoms with Crippen molar-refractivity contribution in [2.24, 2.45) is 5.73 Å². The second kappa shape index (κ2) is 7.53. The van der Waals surface area contributed by atoms with Gasteiger partial charge in [-0.05, 0) is 44.9 Å². The van der Waals surface area contributed by atoms with E-state index in [9.17, 15) is 4.79 Å². The van der Waals surface area contributed by atoms with E-state index in [4.69, 9.17) is 15.7 Å². The molecule has 4 aromatic rings. The van der Waals surface area contributed by atoms with E-state index in [1.165, 1.54) is 0 Å². The number of nitrogens with one attached hydrogen (secondary N) is 1. The Labute approximate surface area is 186 Å². The van der Waals surface area contributed by atoms with Gasteiger partial charge in [-0.3, -0.25) is 4.79 Å². The molecule has 1 fully saturated rings. The summed E-state index contributed by atoms with van der Waals surface area (Å²) in [5.74, 6) is 1.19. The third-order valence-corrected chi connectivity index (χ3v) is 5.73. The van der Waals surface area contributed by atoms with Gasteiger partial charge in [0.25, 0.3) is 0 Å². The average molecular weight is 427 g/mol. The number of para-hydroxylation sites is 1. The van der Waals surface area contributed by atoms with Crippen molar-refractivity contribution >= 4 is 45.0 Å². The minimum Gasteiger partial charge on any atom is -0.351 e. The molecular formula is C25H26N6O. The minimum atomic E-state index is -0.958. The van der Waals surface area contributed by atoms with E-state index >= 15 is 0 Å². The van der Waals surface area contributed by atoms with Crippen LogP contribution in [0.2, 0.25) is 0 Å². The molecule has 0 amide bonds. The first-order valence-corrected chi connectivity index (χ1v) is 10.8. The normalized spacial score (nSPS) is 14.0. The van der Waals surface area contributed by atoms with Crippen molar-refractivity contribution in [2.75, 3.05) is 17.3 Å². The van der Waals surface area contributed by atoms with Crippen LogP contribution in [0.4, 0.5) is 17.5 Å². The molecule has 1 aliphatic rings. The monoisotopic (exact) mass is 426 g/mol. The molecule has 162 valence electrons. The smallest absolute Gasteiger partial charge is 0.223 e. The van der Waals surface area contributed by atoms with Gasteiger partial charge in [-0.25, -0.2) is 15.0 Å². The van der Waals surface area contributed by atoms with Crippen LogP contribution < -0.4 is 16.0 Å². The summed E-state index contributed by atoms with van der Waals surface area (Å²) in [5, 5.41) is 5.16.